The van der Waals surface area contributed by atoms with Crippen LogP contribution < -0.4 is 11.0 Å². The maximum atomic E-state index is 12.2. The number of ether oxygens (including phenoxy) is 1. The lowest BCUT2D eigenvalue weighted by molar-refractivity contribution is -0.00345. The lowest BCUT2D eigenvalue weighted by Crippen LogP contribution is -2.49. The number of fused-ring (bicyclic) bond motifs is 1. The first-order valence-electron chi connectivity index (χ1n) is 8.46. The van der Waals surface area contributed by atoms with E-state index in [4.69, 9.17) is 4.74 Å². The normalized spacial score (nSPS) is 21.1. The van der Waals surface area contributed by atoms with Crippen LogP contribution in [0.1, 0.15) is 32.0 Å². The first kappa shape index (κ1) is 16.0. The van der Waals surface area contributed by atoms with Gasteiger partial charge in [-0.05, 0) is 26.2 Å². The highest BCUT2D eigenvalue weighted by atomic mass is 16.5. The van der Waals surface area contributed by atoms with Crippen LogP contribution in [0.5, 0.6) is 0 Å². The molecule has 1 atom stereocenters. The van der Waals surface area contributed by atoms with Crippen molar-refractivity contribution in [2.75, 3.05) is 26.2 Å². The molecule has 0 unspecified atom stereocenters. The van der Waals surface area contributed by atoms with Gasteiger partial charge in [0.2, 0.25) is 0 Å². The molecule has 3 heterocycles. The molecule has 0 aliphatic carbocycles. The van der Waals surface area contributed by atoms with Crippen LogP contribution in [0.2, 0.25) is 0 Å². The highest BCUT2D eigenvalue weighted by Gasteiger charge is 2.21. The molecule has 23 heavy (non-hydrogen) atoms. The summed E-state index contributed by atoms with van der Waals surface area (Å²) < 4.78 is 8.73. The fourth-order valence-electron chi connectivity index (χ4n) is 3.13. The third-order valence-corrected chi connectivity index (χ3v) is 4.38. The Labute approximate surface area is 135 Å². The number of nitrogens with one attached hydrogen (secondary N) is 1. The van der Waals surface area contributed by atoms with Gasteiger partial charge in [0.05, 0.1) is 12.7 Å². The maximum absolute atomic E-state index is 12.2. The summed E-state index contributed by atoms with van der Waals surface area (Å²) >= 11 is 0. The predicted octanol–water partition coefficient (Wildman–Crippen LogP) is 0.202. The van der Waals surface area contributed by atoms with E-state index in [0.717, 1.165) is 31.6 Å². The number of aryl methyl sites for hydroxylation is 2. The van der Waals surface area contributed by atoms with E-state index >= 15 is 0 Å². The summed E-state index contributed by atoms with van der Waals surface area (Å²) in [5.74, 6) is 0.896. The zero-order valence-electron chi connectivity index (χ0n) is 13.7. The van der Waals surface area contributed by atoms with Gasteiger partial charge in [-0.15, -0.1) is 0 Å². The van der Waals surface area contributed by atoms with Crippen LogP contribution in [0.4, 0.5) is 4.79 Å². The summed E-state index contributed by atoms with van der Waals surface area (Å²) in [5.41, 5.74) is -0.0203. The molecule has 1 fully saturated rings. The molecule has 0 bridgehead atoms. The Hall–Kier alpha value is -1.83. The molecule has 1 saturated heterocycles. The highest BCUT2D eigenvalue weighted by molar-refractivity contribution is 5.74. The summed E-state index contributed by atoms with van der Waals surface area (Å²) in [7, 11) is 0. The molecule has 0 spiro atoms. The molecule has 1 aromatic heterocycles. The molecule has 1 aromatic rings. The molecule has 3 rings (SSSR count). The van der Waals surface area contributed by atoms with Gasteiger partial charge in [0, 0.05) is 39.1 Å². The maximum Gasteiger partial charge on any atom is 0.345 e. The summed E-state index contributed by atoms with van der Waals surface area (Å²) in [6.45, 7) is 5.66. The number of carbonyl (C=O) groups excluding carboxylic acids is 1. The number of urea groups is 1. The molecule has 2 amide bonds. The summed E-state index contributed by atoms with van der Waals surface area (Å²) in [5, 5.41) is 7.30. The predicted molar refractivity (Wildman–Crippen MR) is 84.4 cm³/mol. The van der Waals surface area contributed by atoms with Crippen molar-refractivity contribution in [3.05, 3.63) is 16.3 Å². The zero-order chi connectivity index (χ0) is 16.2. The molecule has 8 heteroatoms. The van der Waals surface area contributed by atoms with Crippen LogP contribution in [0, 0.1) is 0 Å². The van der Waals surface area contributed by atoms with E-state index in [-0.39, 0.29) is 17.8 Å². The van der Waals surface area contributed by atoms with Gasteiger partial charge in [0.15, 0.2) is 0 Å². The third-order valence-electron chi connectivity index (χ3n) is 4.38. The molecule has 0 radical (unpaired) electrons. The number of rotatable bonds is 4. The summed E-state index contributed by atoms with van der Waals surface area (Å²) in [4.78, 5) is 26.0. The second-order valence-electron chi connectivity index (χ2n) is 6.24. The molecule has 128 valence electrons. The average Bonchev–Trinajstić information content (AvgIpc) is 2.88. The zero-order valence-corrected chi connectivity index (χ0v) is 13.7. The number of amides is 2. The second kappa shape index (κ2) is 7.16. The van der Waals surface area contributed by atoms with Crippen LogP contribution in [0.3, 0.4) is 0 Å². The Morgan fingerprint density at radius 1 is 1.39 bits per heavy atom. The molecular formula is C15H25N5O3. The Balaban J connectivity index is 1.44. The van der Waals surface area contributed by atoms with Crippen molar-refractivity contribution >= 4 is 6.03 Å². The number of nitrogens with zero attached hydrogens (tertiary/aromatic N) is 4. The van der Waals surface area contributed by atoms with E-state index in [1.807, 2.05) is 6.92 Å². The van der Waals surface area contributed by atoms with Crippen LogP contribution >= 0.6 is 0 Å². The molecule has 2 aliphatic rings. The average molecular weight is 323 g/mol. The largest absolute Gasteiger partial charge is 0.375 e. The number of morpholine rings is 1. The quantitative estimate of drug-likeness (QED) is 0.803. The van der Waals surface area contributed by atoms with Crippen LogP contribution in [-0.4, -0.2) is 57.6 Å². The van der Waals surface area contributed by atoms with Gasteiger partial charge in [-0.25, -0.2) is 14.3 Å². The lowest BCUT2D eigenvalue weighted by Gasteiger charge is -2.31. The number of hydrogen-bond acceptors (Lipinski definition) is 4. The van der Waals surface area contributed by atoms with Crippen LogP contribution in [0.15, 0.2) is 4.79 Å². The van der Waals surface area contributed by atoms with Gasteiger partial charge in [-0.2, -0.15) is 5.10 Å². The molecule has 0 aromatic carbocycles. The number of aromatic nitrogens is 3. The number of carbonyl (C=O) groups is 1. The second-order valence-corrected chi connectivity index (χ2v) is 6.24. The highest BCUT2D eigenvalue weighted by Crippen LogP contribution is 2.09. The minimum atomic E-state index is -0.0587. The fourth-order valence-corrected chi connectivity index (χ4v) is 3.13. The SMILES string of the molecule is C[C@@H]1CN(C(=O)NCCCn2nc3n(c2=O)CCCC3)CCO1. The van der Waals surface area contributed by atoms with Crippen LogP contribution in [-0.2, 0) is 24.2 Å². The van der Waals surface area contributed by atoms with E-state index in [9.17, 15) is 9.59 Å². The molecule has 1 N–H and O–H groups in total. The topological polar surface area (TPSA) is 81.4 Å². The summed E-state index contributed by atoms with van der Waals surface area (Å²) in [6, 6.07) is -0.0587. The Bertz CT molecular complexity index is 609. The van der Waals surface area contributed by atoms with Gasteiger partial charge in [0.25, 0.3) is 0 Å². The molecule has 8 nitrogen and oxygen atoms in total. The standard InChI is InChI=1S/C15H25N5O3/c1-12-11-18(9-10-23-12)14(21)16-6-4-8-20-15(22)19-7-3-2-5-13(19)17-20/h12H,2-11H2,1H3,(H,16,21)/t12-/m1/s1. The Morgan fingerprint density at radius 3 is 3.04 bits per heavy atom. The van der Waals surface area contributed by atoms with Gasteiger partial charge < -0.3 is 15.0 Å². The monoisotopic (exact) mass is 323 g/mol. The van der Waals surface area contributed by atoms with Gasteiger partial charge in [0.1, 0.15) is 5.82 Å². The van der Waals surface area contributed by atoms with Crippen molar-refractivity contribution in [3.8, 4) is 0 Å². The van der Waals surface area contributed by atoms with E-state index in [1.165, 1.54) is 4.68 Å². The lowest BCUT2D eigenvalue weighted by atomic mass is 10.2. The van der Waals surface area contributed by atoms with Crippen molar-refractivity contribution < 1.29 is 9.53 Å². The smallest absolute Gasteiger partial charge is 0.345 e. The molecule has 0 saturated carbocycles. The van der Waals surface area contributed by atoms with Gasteiger partial charge in [-0.1, -0.05) is 0 Å². The minimum Gasteiger partial charge on any atom is -0.375 e. The van der Waals surface area contributed by atoms with Crippen molar-refractivity contribution in [3.63, 3.8) is 0 Å². The molecular weight excluding hydrogens is 298 g/mol. The third kappa shape index (κ3) is 3.74. The van der Waals surface area contributed by atoms with E-state index in [0.29, 0.717) is 39.2 Å². The summed E-state index contributed by atoms with van der Waals surface area (Å²) in [6.07, 6.45) is 3.82. The fraction of sp³-hybridized carbons (Fsp3) is 0.800. The van der Waals surface area contributed by atoms with E-state index in [1.54, 1.807) is 9.47 Å². The van der Waals surface area contributed by atoms with E-state index in [2.05, 4.69) is 10.4 Å². The Kier molecular flexibility index (Phi) is 5.00. The first-order valence-corrected chi connectivity index (χ1v) is 8.46. The van der Waals surface area contributed by atoms with Gasteiger partial charge in [-0.3, -0.25) is 4.57 Å². The first-order chi connectivity index (χ1) is 11.1. The van der Waals surface area contributed by atoms with Crippen LogP contribution in [0.25, 0.3) is 0 Å². The van der Waals surface area contributed by atoms with Crippen molar-refractivity contribution in [2.45, 2.75) is 51.8 Å². The number of hydrogen-bond donors (Lipinski definition) is 1. The molecule has 2 aliphatic heterocycles. The van der Waals surface area contributed by atoms with Crippen molar-refractivity contribution in [1.29, 1.82) is 0 Å². The van der Waals surface area contributed by atoms with Gasteiger partial charge >= 0.3 is 11.7 Å². The minimum absolute atomic E-state index is 0.0203. The van der Waals surface area contributed by atoms with Crippen molar-refractivity contribution in [1.82, 2.24) is 24.6 Å². The van der Waals surface area contributed by atoms with Crippen molar-refractivity contribution in [2.24, 2.45) is 0 Å². The van der Waals surface area contributed by atoms with E-state index < -0.39 is 0 Å². The Morgan fingerprint density at radius 2 is 2.26 bits per heavy atom.